The number of aromatic hydroxyl groups is 1. The third-order valence-electron chi connectivity index (χ3n) is 3.32. The van der Waals surface area contributed by atoms with Crippen LogP contribution in [-0.2, 0) is 0 Å². The van der Waals surface area contributed by atoms with Gasteiger partial charge in [-0.3, -0.25) is 0 Å². The maximum atomic E-state index is 12.1. The van der Waals surface area contributed by atoms with Crippen LogP contribution < -0.4 is 10.4 Å². The van der Waals surface area contributed by atoms with Crippen LogP contribution in [0.2, 0.25) is 0 Å². The van der Waals surface area contributed by atoms with Gasteiger partial charge in [-0.25, -0.2) is 4.79 Å². The number of phenols is 1. The van der Waals surface area contributed by atoms with E-state index in [2.05, 4.69) is 11.8 Å². The van der Waals surface area contributed by atoms with Crippen molar-refractivity contribution in [1.29, 1.82) is 0 Å². The van der Waals surface area contributed by atoms with Crippen LogP contribution in [0.4, 0.5) is 0 Å². The molecule has 1 heterocycles. The van der Waals surface area contributed by atoms with Gasteiger partial charge >= 0.3 is 5.63 Å². The summed E-state index contributed by atoms with van der Waals surface area (Å²) in [4.78, 5) is 12.1. The lowest BCUT2D eigenvalue weighted by molar-refractivity contribution is 0.350. The van der Waals surface area contributed by atoms with Crippen LogP contribution in [0.25, 0.3) is 21.7 Å². The van der Waals surface area contributed by atoms with Crippen molar-refractivity contribution >= 4 is 21.7 Å². The first-order valence-electron chi connectivity index (χ1n) is 6.51. The van der Waals surface area contributed by atoms with Crippen LogP contribution in [0.1, 0.15) is 5.56 Å². The summed E-state index contributed by atoms with van der Waals surface area (Å²) < 4.78 is 10.5. The Hall–Kier alpha value is -2.97. The van der Waals surface area contributed by atoms with Gasteiger partial charge in [0.1, 0.15) is 23.7 Å². The highest BCUT2D eigenvalue weighted by molar-refractivity contribution is 6.05. The topological polar surface area (TPSA) is 79.9 Å². The number of fused-ring (bicyclic) bond motifs is 3. The summed E-state index contributed by atoms with van der Waals surface area (Å²) in [6.07, 6.45) is 0. The van der Waals surface area contributed by atoms with E-state index in [1.807, 2.05) is 0 Å². The summed E-state index contributed by atoms with van der Waals surface area (Å²) in [7, 11) is 1.50. The van der Waals surface area contributed by atoms with E-state index < -0.39 is 5.63 Å². The van der Waals surface area contributed by atoms with Gasteiger partial charge in [-0.2, -0.15) is 0 Å². The van der Waals surface area contributed by atoms with Gasteiger partial charge in [0, 0.05) is 16.8 Å². The first kappa shape index (κ1) is 14.0. The average Bonchev–Trinajstić information content (AvgIpc) is 2.52. The summed E-state index contributed by atoms with van der Waals surface area (Å²) in [6, 6.07) is 7.87. The molecule has 0 amide bonds. The maximum Gasteiger partial charge on any atom is 0.344 e. The van der Waals surface area contributed by atoms with Crippen molar-refractivity contribution in [3.63, 3.8) is 0 Å². The number of hydrogen-bond donors (Lipinski definition) is 2. The lowest BCUT2D eigenvalue weighted by Crippen LogP contribution is -2.01. The molecular weight excluding hydrogens is 284 g/mol. The minimum Gasteiger partial charge on any atom is -0.508 e. The molecule has 110 valence electrons. The molecule has 22 heavy (non-hydrogen) atoms. The minimum atomic E-state index is -0.525. The molecule has 2 N–H and O–H groups in total. The molecule has 0 aliphatic rings. The van der Waals surface area contributed by atoms with Crippen LogP contribution in [0, 0.1) is 11.8 Å². The summed E-state index contributed by atoms with van der Waals surface area (Å²) in [5.41, 5.74) is 0.269. The Morgan fingerprint density at radius 2 is 2.00 bits per heavy atom. The second kappa shape index (κ2) is 5.43. The molecule has 2 aromatic carbocycles. The molecule has 0 spiro atoms. The van der Waals surface area contributed by atoms with Gasteiger partial charge in [0.15, 0.2) is 0 Å². The largest absolute Gasteiger partial charge is 0.508 e. The van der Waals surface area contributed by atoms with Gasteiger partial charge in [-0.1, -0.05) is 11.8 Å². The molecular formula is C17H12O5. The number of aliphatic hydroxyl groups is 1. The van der Waals surface area contributed by atoms with E-state index in [1.165, 1.54) is 19.2 Å². The van der Waals surface area contributed by atoms with Crippen molar-refractivity contribution in [2.45, 2.75) is 0 Å². The molecule has 0 saturated heterocycles. The maximum absolute atomic E-state index is 12.1. The summed E-state index contributed by atoms with van der Waals surface area (Å²) in [5.74, 6) is 5.79. The highest BCUT2D eigenvalue weighted by atomic mass is 16.5. The van der Waals surface area contributed by atoms with E-state index in [0.717, 1.165) is 0 Å². The molecule has 0 atom stereocenters. The highest BCUT2D eigenvalue weighted by Crippen LogP contribution is 2.30. The quantitative estimate of drug-likeness (QED) is 0.408. The summed E-state index contributed by atoms with van der Waals surface area (Å²) in [5, 5.41) is 20.0. The Morgan fingerprint density at radius 3 is 2.73 bits per heavy atom. The predicted molar refractivity (Wildman–Crippen MR) is 82.2 cm³/mol. The second-order valence-electron chi connectivity index (χ2n) is 4.63. The lowest BCUT2D eigenvalue weighted by Gasteiger charge is -2.08. The number of methoxy groups -OCH3 is 1. The van der Waals surface area contributed by atoms with Crippen LogP contribution in [-0.4, -0.2) is 23.9 Å². The molecule has 0 bridgehead atoms. The zero-order valence-electron chi connectivity index (χ0n) is 11.7. The van der Waals surface area contributed by atoms with E-state index >= 15 is 0 Å². The van der Waals surface area contributed by atoms with Crippen LogP contribution >= 0.6 is 0 Å². The number of hydrogen-bond acceptors (Lipinski definition) is 5. The number of ether oxygens (including phenoxy) is 1. The first-order valence-corrected chi connectivity index (χ1v) is 6.51. The Kier molecular flexibility index (Phi) is 3.45. The Bertz CT molecular complexity index is 989. The van der Waals surface area contributed by atoms with Crippen LogP contribution in [0.15, 0.2) is 39.5 Å². The number of aliphatic hydroxyl groups excluding tert-OH is 1. The van der Waals surface area contributed by atoms with Gasteiger partial charge in [-0.05, 0) is 24.3 Å². The molecule has 0 radical (unpaired) electrons. The Morgan fingerprint density at radius 1 is 1.18 bits per heavy atom. The molecule has 5 heteroatoms. The van der Waals surface area contributed by atoms with Crippen molar-refractivity contribution in [3.05, 3.63) is 46.3 Å². The van der Waals surface area contributed by atoms with Crippen molar-refractivity contribution in [3.8, 4) is 23.3 Å². The predicted octanol–water partition coefficient (Wildman–Crippen LogP) is 2.00. The van der Waals surface area contributed by atoms with E-state index in [4.69, 9.17) is 14.3 Å². The third kappa shape index (κ3) is 2.26. The number of benzene rings is 2. The zero-order chi connectivity index (χ0) is 15.7. The normalized spacial score (nSPS) is 10.5. The summed E-state index contributed by atoms with van der Waals surface area (Å²) >= 11 is 0. The SMILES string of the molecule is COc1cc2c(cc1C#CCO)c(=O)oc1cc(O)ccc12. The molecule has 5 nitrogen and oxygen atoms in total. The van der Waals surface area contributed by atoms with Crippen molar-refractivity contribution < 1.29 is 19.4 Å². The van der Waals surface area contributed by atoms with E-state index in [9.17, 15) is 9.90 Å². The fourth-order valence-corrected chi connectivity index (χ4v) is 2.35. The number of rotatable bonds is 1. The van der Waals surface area contributed by atoms with Crippen LogP contribution in [0.3, 0.4) is 0 Å². The second-order valence-corrected chi connectivity index (χ2v) is 4.63. The smallest absolute Gasteiger partial charge is 0.344 e. The van der Waals surface area contributed by atoms with E-state index in [0.29, 0.717) is 33.1 Å². The molecule has 0 fully saturated rings. The third-order valence-corrected chi connectivity index (χ3v) is 3.32. The molecule has 0 saturated carbocycles. The summed E-state index contributed by atoms with van der Waals surface area (Å²) in [6.45, 7) is -0.285. The average molecular weight is 296 g/mol. The van der Waals surface area contributed by atoms with Gasteiger partial charge in [0.05, 0.1) is 18.1 Å². The van der Waals surface area contributed by atoms with Gasteiger partial charge < -0.3 is 19.4 Å². The monoisotopic (exact) mass is 296 g/mol. The van der Waals surface area contributed by atoms with Crippen LogP contribution in [0.5, 0.6) is 11.5 Å². The van der Waals surface area contributed by atoms with Gasteiger partial charge in [-0.15, -0.1) is 0 Å². The molecule has 0 aliphatic heterocycles. The van der Waals surface area contributed by atoms with E-state index in [1.54, 1.807) is 18.2 Å². The Balaban J connectivity index is 2.44. The molecule has 3 aromatic rings. The number of phenolic OH excluding ortho intramolecular Hbond substituents is 1. The first-order chi connectivity index (χ1) is 10.6. The van der Waals surface area contributed by atoms with Crippen molar-refractivity contribution in [2.75, 3.05) is 13.7 Å². The van der Waals surface area contributed by atoms with Gasteiger partial charge in [0.25, 0.3) is 0 Å². The Labute approximate surface area is 125 Å². The molecule has 0 unspecified atom stereocenters. The zero-order valence-corrected chi connectivity index (χ0v) is 11.7. The fraction of sp³-hybridized carbons (Fsp3) is 0.118. The highest BCUT2D eigenvalue weighted by Gasteiger charge is 2.12. The lowest BCUT2D eigenvalue weighted by atomic mass is 10.0. The minimum absolute atomic E-state index is 0.0207. The molecule has 0 aliphatic carbocycles. The van der Waals surface area contributed by atoms with Crippen molar-refractivity contribution in [2.24, 2.45) is 0 Å². The van der Waals surface area contributed by atoms with Crippen molar-refractivity contribution in [1.82, 2.24) is 0 Å². The molecule has 3 rings (SSSR count). The fourth-order valence-electron chi connectivity index (χ4n) is 2.35. The van der Waals surface area contributed by atoms with E-state index in [-0.39, 0.29) is 12.4 Å². The molecule has 1 aromatic heterocycles. The van der Waals surface area contributed by atoms with Gasteiger partial charge in [0.2, 0.25) is 0 Å². The standard InChI is InChI=1S/C17H12O5/c1-21-15-9-13-12-5-4-11(19)8-16(12)22-17(20)14(13)7-10(15)3-2-6-18/h4-5,7-9,18-19H,6H2,1H3.